The predicted octanol–water partition coefficient (Wildman–Crippen LogP) is 2.72. The van der Waals surface area contributed by atoms with Crippen molar-refractivity contribution in [1.82, 2.24) is 10.1 Å². The molecule has 2 rings (SSSR count). The van der Waals surface area contributed by atoms with E-state index in [9.17, 15) is 14.4 Å². The summed E-state index contributed by atoms with van der Waals surface area (Å²) in [4.78, 5) is 37.1. The van der Waals surface area contributed by atoms with Crippen LogP contribution in [-0.4, -0.2) is 40.8 Å². The van der Waals surface area contributed by atoms with Crippen LogP contribution in [0.4, 0.5) is 0 Å². The summed E-state index contributed by atoms with van der Waals surface area (Å²) in [6.07, 6.45) is 0. The van der Waals surface area contributed by atoms with Gasteiger partial charge in [-0.3, -0.25) is 9.59 Å². The van der Waals surface area contributed by atoms with Crippen molar-refractivity contribution in [2.75, 3.05) is 13.1 Å². The van der Waals surface area contributed by atoms with Crippen LogP contribution in [-0.2, 0) is 11.3 Å². The monoisotopic (exact) mass is 344 g/mol. The van der Waals surface area contributed by atoms with Crippen molar-refractivity contribution in [2.45, 2.75) is 27.4 Å². The predicted molar refractivity (Wildman–Crippen MR) is 89.3 cm³/mol. The lowest BCUT2D eigenvalue weighted by molar-refractivity contribution is 0.0436. The van der Waals surface area contributed by atoms with Crippen molar-refractivity contribution in [1.29, 1.82) is 0 Å². The molecule has 0 spiro atoms. The van der Waals surface area contributed by atoms with E-state index in [0.717, 1.165) is 0 Å². The molecule has 7 nitrogen and oxygen atoms in total. The zero-order chi connectivity index (χ0) is 18.4. The molecule has 0 aliphatic heterocycles. The van der Waals surface area contributed by atoms with E-state index in [1.54, 1.807) is 29.2 Å². The van der Waals surface area contributed by atoms with Crippen LogP contribution in [0, 0.1) is 0 Å². The first-order valence-corrected chi connectivity index (χ1v) is 7.99. The fourth-order valence-corrected chi connectivity index (χ4v) is 2.21. The van der Waals surface area contributed by atoms with Gasteiger partial charge in [0.05, 0.1) is 5.56 Å². The number of ketones is 1. The summed E-state index contributed by atoms with van der Waals surface area (Å²) < 4.78 is 10.0. The summed E-state index contributed by atoms with van der Waals surface area (Å²) >= 11 is 0. The van der Waals surface area contributed by atoms with E-state index < -0.39 is 5.97 Å². The van der Waals surface area contributed by atoms with Crippen LogP contribution in [0.1, 0.15) is 57.7 Å². The molecule has 0 aliphatic carbocycles. The number of carbonyl (C=O) groups excluding carboxylic acids is 3. The third-order valence-electron chi connectivity index (χ3n) is 3.68. The van der Waals surface area contributed by atoms with Gasteiger partial charge in [0.15, 0.2) is 18.2 Å². The molecule has 0 radical (unpaired) electrons. The highest BCUT2D eigenvalue weighted by Crippen LogP contribution is 2.11. The Morgan fingerprint density at radius 3 is 2.20 bits per heavy atom. The Morgan fingerprint density at radius 2 is 1.68 bits per heavy atom. The van der Waals surface area contributed by atoms with Crippen LogP contribution in [0.25, 0.3) is 0 Å². The van der Waals surface area contributed by atoms with Gasteiger partial charge in [-0.05, 0) is 38.1 Å². The van der Waals surface area contributed by atoms with Crippen LogP contribution in [0.2, 0.25) is 0 Å². The van der Waals surface area contributed by atoms with Gasteiger partial charge in [-0.2, -0.15) is 0 Å². The second kappa shape index (κ2) is 8.23. The van der Waals surface area contributed by atoms with Crippen LogP contribution in [0.5, 0.6) is 0 Å². The number of benzene rings is 1. The number of hydrogen-bond donors (Lipinski definition) is 0. The number of ether oxygens (including phenoxy) is 1. The van der Waals surface area contributed by atoms with Crippen molar-refractivity contribution < 1.29 is 23.6 Å². The molecule has 0 aliphatic rings. The minimum absolute atomic E-state index is 0.0802. The molecule has 0 saturated carbocycles. The first-order chi connectivity index (χ1) is 12.0. The van der Waals surface area contributed by atoms with Gasteiger partial charge >= 0.3 is 5.97 Å². The molecule has 1 aromatic heterocycles. The van der Waals surface area contributed by atoms with E-state index in [-0.39, 0.29) is 29.8 Å². The van der Waals surface area contributed by atoms with Gasteiger partial charge in [0.2, 0.25) is 0 Å². The standard InChI is InChI=1S/C18H20N2O5/c1-4-20(5-2)17(22)13-6-8-14(9-7-13)18(23)24-11-15-10-16(12(3)21)19-25-15/h6-10H,4-5,11H2,1-3H3. The molecule has 0 saturated heterocycles. The Labute approximate surface area is 145 Å². The number of Topliss-reactive ketones (excluding diaryl/α,β-unsaturated/α-hetero) is 1. The van der Waals surface area contributed by atoms with E-state index in [2.05, 4.69) is 5.16 Å². The number of amides is 1. The Bertz CT molecular complexity index is 760. The van der Waals surface area contributed by atoms with Gasteiger partial charge in [-0.25, -0.2) is 4.79 Å². The summed E-state index contributed by atoms with van der Waals surface area (Å²) in [7, 11) is 0. The van der Waals surface area contributed by atoms with Crippen molar-refractivity contribution in [2.24, 2.45) is 0 Å². The second-order valence-electron chi connectivity index (χ2n) is 5.37. The Hall–Kier alpha value is -2.96. The fourth-order valence-electron chi connectivity index (χ4n) is 2.21. The number of esters is 1. The number of aromatic nitrogens is 1. The Morgan fingerprint density at radius 1 is 1.08 bits per heavy atom. The van der Waals surface area contributed by atoms with Gasteiger partial charge in [-0.1, -0.05) is 5.16 Å². The zero-order valence-electron chi connectivity index (χ0n) is 14.4. The van der Waals surface area contributed by atoms with Crippen LogP contribution < -0.4 is 0 Å². The average Bonchev–Trinajstić information content (AvgIpc) is 3.10. The van der Waals surface area contributed by atoms with E-state index in [4.69, 9.17) is 9.26 Å². The first-order valence-electron chi connectivity index (χ1n) is 7.99. The summed E-state index contributed by atoms with van der Waals surface area (Å²) in [5, 5.41) is 3.57. The Balaban J connectivity index is 1.97. The molecule has 0 N–H and O–H groups in total. The van der Waals surface area contributed by atoms with E-state index in [1.807, 2.05) is 13.8 Å². The average molecular weight is 344 g/mol. The maximum absolute atomic E-state index is 12.2. The molecule has 0 atom stereocenters. The first kappa shape index (κ1) is 18.4. The number of hydrogen-bond acceptors (Lipinski definition) is 6. The largest absolute Gasteiger partial charge is 0.454 e. The molecule has 0 fully saturated rings. The SMILES string of the molecule is CCN(CC)C(=O)c1ccc(C(=O)OCc2cc(C(C)=O)no2)cc1. The molecule has 132 valence electrons. The van der Waals surface area contributed by atoms with E-state index in [1.165, 1.54) is 13.0 Å². The molecule has 1 aromatic carbocycles. The molecular formula is C18H20N2O5. The van der Waals surface area contributed by atoms with Gasteiger partial charge in [0, 0.05) is 31.6 Å². The summed E-state index contributed by atoms with van der Waals surface area (Å²) in [5.74, 6) is -0.576. The zero-order valence-corrected chi connectivity index (χ0v) is 14.4. The third-order valence-corrected chi connectivity index (χ3v) is 3.68. The molecule has 1 heterocycles. The minimum Gasteiger partial charge on any atom is -0.454 e. The smallest absolute Gasteiger partial charge is 0.338 e. The van der Waals surface area contributed by atoms with Crippen LogP contribution in [0.3, 0.4) is 0 Å². The topological polar surface area (TPSA) is 89.7 Å². The molecule has 7 heteroatoms. The quantitative estimate of drug-likeness (QED) is 0.567. The van der Waals surface area contributed by atoms with Gasteiger partial charge < -0.3 is 14.2 Å². The van der Waals surface area contributed by atoms with Gasteiger partial charge in [-0.15, -0.1) is 0 Å². The van der Waals surface area contributed by atoms with Gasteiger partial charge in [0.1, 0.15) is 5.69 Å². The summed E-state index contributed by atoms with van der Waals surface area (Å²) in [6, 6.07) is 7.71. The fraction of sp³-hybridized carbons (Fsp3) is 0.333. The van der Waals surface area contributed by atoms with Crippen LogP contribution >= 0.6 is 0 Å². The highest BCUT2D eigenvalue weighted by Gasteiger charge is 2.15. The maximum Gasteiger partial charge on any atom is 0.338 e. The molecule has 1 amide bonds. The molecule has 0 unspecified atom stereocenters. The van der Waals surface area contributed by atoms with Crippen molar-refractivity contribution >= 4 is 17.7 Å². The van der Waals surface area contributed by atoms with E-state index in [0.29, 0.717) is 24.2 Å². The normalized spacial score (nSPS) is 10.4. The molecule has 2 aromatic rings. The lowest BCUT2D eigenvalue weighted by Crippen LogP contribution is -2.30. The maximum atomic E-state index is 12.2. The van der Waals surface area contributed by atoms with Crippen molar-refractivity contribution in [3.05, 3.63) is 52.9 Å². The lowest BCUT2D eigenvalue weighted by atomic mass is 10.1. The lowest BCUT2D eigenvalue weighted by Gasteiger charge is -2.18. The number of rotatable bonds is 7. The third kappa shape index (κ3) is 4.53. The number of carbonyl (C=O) groups is 3. The van der Waals surface area contributed by atoms with Gasteiger partial charge in [0.25, 0.3) is 5.91 Å². The summed E-state index contributed by atoms with van der Waals surface area (Å²) in [6.45, 7) is 6.31. The Kier molecular flexibility index (Phi) is 6.05. The van der Waals surface area contributed by atoms with Crippen molar-refractivity contribution in [3.8, 4) is 0 Å². The number of nitrogens with zero attached hydrogens (tertiary/aromatic N) is 2. The highest BCUT2D eigenvalue weighted by molar-refractivity contribution is 5.96. The van der Waals surface area contributed by atoms with E-state index >= 15 is 0 Å². The summed E-state index contributed by atoms with van der Waals surface area (Å²) in [5.41, 5.74) is 1.02. The minimum atomic E-state index is -0.553. The highest BCUT2D eigenvalue weighted by atomic mass is 16.5. The molecular weight excluding hydrogens is 324 g/mol. The molecule has 25 heavy (non-hydrogen) atoms. The molecule has 0 bridgehead atoms. The van der Waals surface area contributed by atoms with Crippen LogP contribution in [0.15, 0.2) is 34.9 Å². The second-order valence-corrected chi connectivity index (χ2v) is 5.37. The van der Waals surface area contributed by atoms with Crippen molar-refractivity contribution in [3.63, 3.8) is 0 Å².